The van der Waals surface area contributed by atoms with Gasteiger partial charge in [0.15, 0.2) is 0 Å². The molecule has 2 saturated heterocycles. The number of likely N-dealkylation sites (tertiary alicyclic amines) is 1. The van der Waals surface area contributed by atoms with Crippen molar-refractivity contribution in [3.05, 3.63) is 69.2 Å². The fraction of sp³-hybridized carbons (Fsp3) is 0.407. The first-order valence-corrected chi connectivity index (χ1v) is 12.9. The molecule has 1 N–H and O–H groups in total. The van der Waals surface area contributed by atoms with Crippen molar-refractivity contribution in [1.29, 1.82) is 0 Å². The van der Waals surface area contributed by atoms with Gasteiger partial charge in [-0.1, -0.05) is 28.1 Å². The Bertz CT molecular complexity index is 1170. The summed E-state index contributed by atoms with van der Waals surface area (Å²) in [6, 6.07) is 12.3. The normalized spacial score (nSPS) is 24.0. The first-order chi connectivity index (χ1) is 16.9. The summed E-state index contributed by atoms with van der Waals surface area (Å²) in [6.07, 6.45) is 1.54. The predicted octanol–water partition coefficient (Wildman–Crippen LogP) is 3.92. The van der Waals surface area contributed by atoms with Crippen LogP contribution in [0.15, 0.2) is 52.5 Å². The highest BCUT2D eigenvalue weighted by Crippen LogP contribution is 2.41. The molecule has 35 heavy (non-hydrogen) atoms. The van der Waals surface area contributed by atoms with E-state index in [0.717, 1.165) is 53.8 Å². The number of carbonyl (C=O) groups is 2. The molecule has 8 heteroatoms. The lowest BCUT2D eigenvalue weighted by Crippen LogP contribution is -2.38. The van der Waals surface area contributed by atoms with Crippen LogP contribution < -0.4 is 4.74 Å². The van der Waals surface area contributed by atoms with Crippen LogP contribution in [0.4, 0.5) is 0 Å². The molecule has 0 aliphatic carbocycles. The Morgan fingerprint density at radius 2 is 1.91 bits per heavy atom. The summed E-state index contributed by atoms with van der Waals surface area (Å²) in [4.78, 5) is 30.4. The second-order valence-electron chi connectivity index (χ2n) is 9.31. The largest absolute Gasteiger partial charge is 0.507 e. The summed E-state index contributed by atoms with van der Waals surface area (Å²) in [7, 11) is 0. The van der Waals surface area contributed by atoms with Crippen molar-refractivity contribution in [2.45, 2.75) is 31.9 Å². The molecule has 1 amide bonds. The van der Waals surface area contributed by atoms with E-state index in [9.17, 15) is 14.7 Å². The first kappa shape index (κ1) is 24.0. The number of morpholine rings is 1. The minimum atomic E-state index is -0.652. The highest BCUT2D eigenvalue weighted by Gasteiger charge is 2.46. The van der Waals surface area contributed by atoms with E-state index in [1.807, 2.05) is 43.3 Å². The Labute approximate surface area is 213 Å². The molecular weight excluding hydrogens is 512 g/mol. The van der Waals surface area contributed by atoms with E-state index in [4.69, 9.17) is 9.47 Å². The summed E-state index contributed by atoms with van der Waals surface area (Å²) in [5.74, 6) is -0.576. The van der Waals surface area contributed by atoms with Gasteiger partial charge in [0.05, 0.1) is 24.8 Å². The van der Waals surface area contributed by atoms with Gasteiger partial charge in [-0.3, -0.25) is 14.5 Å². The maximum atomic E-state index is 13.3. The van der Waals surface area contributed by atoms with Gasteiger partial charge in [0.1, 0.15) is 17.6 Å². The first-order valence-electron chi connectivity index (χ1n) is 12.1. The molecule has 2 unspecified atom stereocenters. The molecule has 7 nitrogen and oxygen atoms in total. The average Bonchev–Trinajstić information content (AvgIpc) is 3.35. The molecule has 2 aromatic rings. The van der Waals surface area contributed by atoms with Crippen molar-refractivity contribution in [1.82, 2.24) is 9.80 Å². The third kappa shape index (κ3) is 4.87. The number of ketones is 1. The van der Waals surface area contributed by atoms with Crippen molar-refractivity contribution in [3.8, 4) is 5.75 Å². The van der Waals surface area contributed by atoms with Gasteiger partial charge in [-0.05, 0) is 54.8 Å². The van der Waals surface area contributed by atoms with Gasteiger partial charge >= 0.3 is 0 Å². The maximum absolute atomic E-state index is 13.3. The number of nitrogens with zero attached hydrogens (tertiary/aromatic N) is 2. The lowest BCUT2D eigenvalue weighted by molar-refractivity contribution is -0.140. The minimum Gasteiger partial charge on any atom is -0.507 e. The molecule has 184 valence electrons. The Morgan fingerprint density at radius 1 is 1.11 bits per heavy atom. The molecule has 0 aromatic heterocycles. The van der Waals surface area contributed by atoms with Gasteiger partial charge in [-0.15, -0.1) is 0 Å². The molecular formula is C27H29BrN2O5. The molecule has 3 aliphatic rings. The number of amides is 1. The number of ether oxygens (including phenoxy) is 2. The Hall–Kier alpha value is -2.68. The molecule has 0 spiro atoms. The van der Waals surface area contributed by atoms with Crippen LogP contribution in [-0.2, 0) is 20.7 Å². The van der Waals surface area contributed by atoms with Crippen LogP contribution in [0.25, 0.3) is 5.76 Å². The van der Waals surface area contributed by atoms with E-state index in [2.05, 4.69) is 20.8 Å². The number of benzene rings is 2. The highest BCUT2D eigenvalue weighted by molar-refractivity contribution is 9.10. The van der Waals surface area contributed by atoms with Crippen molar-refractivity contribution < 1.29 is 24.2 Å². The molecule has 5 rings (SSSR count). The SMILES string of the molecule is CC1Cc2cc(/C(O)=C3\C(=O)C(=O)N(CCCN4CCOCC4)C3c3cccc(Br)c3)ccc2O1. The number of rotatable bonds is 6. The highest BCUT2D eigenvalue weighted by atomic mass is 79.9. The van der Waals surface area contributed by atoms with Crippen LogP contribution in [0.1, 0.15) is 36.1 Å². The van der Waals surface area contributed by atoms with Gasteiger partial charge in [-0.25, -0.2) is 0 Å². The van der Waals surface area contributed by atoms with Gasteiger partial charge in [0, 0.05) is 42.6 Å². The average molecular weight is 541 g/mol. The zero-order valence-electron chi connectivity index (χ0n) is 19.7. The quantitative estimate of drug-likeness (QED) is 0.340. The number of aliphatic hydroxyl groups is 1. The monoisotopic (exact) mass is 540 g/mol. The number of hydrogen-bond acceptors (Lipinski definition) is 6. The van der Waals surface area contributed by atoms with Crippen LogP contribution in [0, 0.1) is 0 Å². The van der Waals surface area contributed by atoms with E-state index in [0.29, 0.717) is 25.3 Å². The van der Waals surface area contributed by atoms with E-state index in [1.165, 1.54) is 0 Å². The number of Topliss-reactive ketones (excluding diaryl/α,β-unsaturated/α-hetero) is 1. The van der Waals surface area contributed by atoms with E-state index in [-0.39, 0.29) is 17.4 Å². The summed E-state index contributed by atoms with van der Waals surface area (Å²) >= 11 is 3.51. The van der Waals surface area contributed by atoms with E-state index >= 15 is 0 Å². The van der Waals surface area contributed by atoms with Crippen LogP contribution >= 0.6 is 15.9 Å². The van der Waals surface area contributed by atoms with Gasteiger partial charge < -0.3 is 19.5 Å². The fourth-order valence-electron chi connectivity index (χ4n) is 5.15. The molecule has 0 radical (unpaired) electrons. The molecule has 0 bridgehead atoms. The molecule has 2 atom stereocenters. The molecule has 2 aromatic carbocycles. The van der Waals surface area contributed by atoms with Crippen molar-refractivity contribution >= 4 is 33.4 Å². The zero-order valence-corrected chi connectivity index (χ0v) is 21.3. The van der Waals surface area contributed by atoms with Gasteiger partial charge in [0.2, 0.25) is 0 Å². The second-order valence-corrected chi connectivity index (χ2v) is 10.2. The number of fused-ring (bicyclic) bond motifs is 1. The summed E-state index contributed by atoms with van der Waals surface area (Å²) < 4.78 is 12.0. The Morgan fingerprint density at radius 3 is 2.69 bits per heavy atom. The van der Waals surface area contributed by atoms with Crippen molar-refractivity contribution in [2.24, 2.45) is 0 Å². The maximum Gasteiger partial charge on any atom is 0.295 e. The second kappa shape index (κ2) is 10.1. The number of hydrogen-bond donors (Lipinski definition) is 1. The number of halogens is 1. The summed E-state index contributed by atoms with van der Waals surface area (Å²) in [6.45, 7) is 6.41. The predicted molar refractivity (Wildman–Crippen MR) is 135 cm³/mol. The lowest BCUT2D eigenvalue weighted by atomic mass is 9.94. The molecule has 3 aliphatic heterocycles. The topological polar surface area (TPSA) is 79.3 Å². The third-order valence-corrected chi connectivity index (χ3v) is 7.34. The van der Waals surface area contributed by atoms with E-state index < -0.39 is 17.7 Å². The summed E-state index contributed by atoms with van der Waals surface area (Å²) in [5, 5.41) is 11.4. The Kier molecular flexibility index (Phi) is 6.95. The molecule has 2 fully saturated rings. The van der Waals surface area contributed by atoms with Crippen LogP contribution in [0.5, 0.6) is 5.75 Å². The molecule has 3 heterocycles. The van der Waals surface area contributed by atoms with Gasteiger partial charge in [-0.2, -0.15) is 0 Å². The molecule has 0 saturated carbocycles. The Balaban J connectivity index is 1.48. The summed E-state index contributed by atoms with van der Waals surface area (Å²) in [5.41, 5.74) is 2.42. The van der Waals surface area contributed by atoms with Gasteiger partial charge in [0.25, 0.3) is 11.7 Å². The standard InChI is InChI=1S/C27H29BrN2O5/c1-17-14-20-15-19(6-7-22(20)35-17)25(31)23-24(18-4-2-5-21(28)16-18)30(27(33)26(23)32)9-3-8-29-10-12-34-13-11-29/h2,4-7,15-17,24,31H,3,8-14H2,1H3/b25-23+. The smallest absolute Gasteiger partial charge is 0.295 e. The minimum absolute atomic E-state index is 0.0705. The van der Waals surface area contributed by atoms with Crippen molar-refractivity contribution in [3.63, 3.8) is 0 Å². The van der Waals surface area contributed by atoms with Crippen molar-refractivity contribution in [2.75, 3.05) is 39.4 Å². The number of aliphatic hydroxyl groups excluding tert-OH is 1. The van der Waals surface area contributed by atoms with E-state index in [1.54, 1.807) is 11.0 Å². The van der Waals surface area contributed by atoms with Crippen LogP contribution in [0.2, 0.25) is 0 Å². The number of carbonyl (C=O) groups excluding carboxylic acids is 2. The lowest BCUT2D eigenvalue weighted by Gasteiger charge is -2.29. The third-order valence-electron chi connectivity index (χ3n) is 6.85. The fourth-order valence-corrected chi connectivity index (χ4v) is 5.57. The zero-order chi connectivity index (χ0) is 24.5. The van der Waals surface area contributed by atoms with Crippen LogP contribution in [0.3, 0.4) is 0 Å². The van der Waals surface area contributed by atoms with Crippen LogP contribution in [-0.4, -0.2) is 72.1 Å².